The second kappa shape index (κ2) is 29.5. The van der Waals surface area contributed by atoms with E-state index in [9.17, 15) is 19.8 Å². The molecule has 0 aliphatic rings. The predicted octanol–water partition coefficient (Wildman–Crippen LogP) is 1.52. The number of unbranched alkanes of at least 4 members (excludes halogenated alkanes) is 2. The summed E-state index contributed by atoms with van der Waals surface area (Å²) in [6.07, 6.45) is 7.04. The van der Waals surface area contributed by atoms with Gasteiger partial charge in [-0.1, -0.05) is 53.4 Å². The van der Waals surface area contributed by atoms with E-state index in [-0.39, 0.29) is 96.5 Å². The number of carbonyl (C=O) groups excluding carboxylic acids is 2. The monoisotopic (exact) mass is 687 g/mol. The number of carbonyl (C=O) groups is 2. The predicted molar refractivity (Wildman–Crippen MR) is 82.4 cm³/mol. The molecule has 0 N–H and O–H groups in total. The van der Waals surface area contributed by atoms with Crippen LogP contribution in [-0.2, 0) is 68.0 Å². The van der Waals surface area contributed by atoms with Gasteiger partial charge in [-0.3, -0.25) is 0 Å². The van der Waals surface area contributed by atoms with Gasteiger partial charge in [0.1, 0.15) is 0 Å². The minimum Gasteiger partial charge on any atom is -0.550 e. The SMILES string of the molecule is CCCCC(CC)C(=O)[O-].CCCCC(CC)C(=O)[O-].[Bi].[Zn+2].[Zn].[Zn]. The largest absolute Gasteiger partial charge is 2.00 e. The summed E-state index contributed by atoms with van der Waals surface area (Å²) in [5, 5.41) is 20.7. The minimum absolute atomic E-state index is 0. The second-order valence-corrected chi connectivity index (χ2v) is 5.13. The molecular weight excluding hydrogens is 661 g/mol. The van der Waals surface area contributed by atoms with Crippen LogP contribution in [0.4, 0.5) is 0 Å². The molecule has 0 aromatic carbocycles. The van der Waals surface area contributed by atoms with Gasteiger partial charge in [0.2, 0.25) is 0 Å². The quantitative estimate of drug-likeness (QED) is 0.326. The Bertz CT molecular complexity index is 244. The summed E-state index contributed by atoms with van der Waals surface area (Å²) in [7, 11) is 0. The molecule has 24 heavy (non-hydrogen) atoms. The fraction of sp³-hybridized carbons (Fsp3) is 0.875. The van der Waals surface area contributed by atoms with Crippen molar-refractivity contribution in [2.45, 2.75) is 79.1 Å². The molecule has 0 aliphatic carbocycles. The van der Waals surface area contributed by atoms with E-state index in [4.69, 9.17) is 0 Å². The topological polar surface area (TPSA) is 80.3 Å². The van der Waals surface area contributed by atoms with Crippen LogP contribution in [0.5, 0.6) is 0 Å². The first-order valence-corrected chi connectivity index (χ1v) is 7.86. The molecule has 0 aromatic rings. The number of carboxylic acid groups (broad SMARTS) is 2. The zero-order chi connectivity index (χ0) is 16.0. The van der Waals surface area contributed by atoms with E-state index in [1.807, 2.05) is 13.8 Å². The van der Waals surface area contributed by atoms with Gasteiger partial charge in [0, 0.05) is 77.1 Å². The Morgan fingerprint density at radius 3 is 1.12 bits per heavy atom. The van der Waals surface area contributed by atoms with Gasteiger partial charge in [0.05, 0.1) is 0 Å². The maximum Gasteiger partial charge on any atom is 2.00 e. The molecule has 8 heteroatoms. The molecule has 0 aliphatic heterocycles. The minimum atomic E-state index is -0.893. The third-order valence-corrected chi connectivity index (χ3v) is 3.46. The first-order chi connectivity index (χ1) is 9.44. The van der Waals surface area contributed by atoms with E-state index < -0.39 is 11.9 Å². The van der Waals surface area contributed by atoms with Crippen molar-refractivity contribution in [1.82, 2.24) is 0 Å². The molecule has 129 valence electrons. The molecule has 2 unspecified atom stereocenters. The molecule has 0 aromatic heterocycles. The van der Waals surface area contributed by atoms with Crippen LogP contribution in [0.3, 0.4) is 0 Å². The van der Waals surface area contributed by atoms with Crippen LogP contribution >= 0.6 is 0 Å². The molecule has 0 bridgehead atoms. The molecule has 4 nitrogen and oxygen atoms in total. The number of carboxylic acids is 2. The van der Waals surface area contributed by atoms with Gasteiger partial charge in [-0.05, 0) is 37.5 Å². The zero-order valence-corrected chi connectivity index (χ0v) is 28.4. The van der Waals surface area contributed by atoms with Crippen molar-refractivity contribution in [2.24, 2.45) is 11.8 Å². The summed E-state index contributed by atoms with van der Waals surface area (Å²) in [4.78, 5) is 20.7. The average molecular weight is 692 g/mol. The van der Waals surface area contributed by atoms with E-state index in [2.05, 4.69) is 13.8 Å². The van der Waals surface area contributed by atoms with Crippen molar-refractivity contribution >= 4 is 38.1 Å². The van der Waals surface area contributed by atoms with E-state index >= 15 is 0 Å². The maximum absolute atomic E-state index is 10.3. The van der Waals surface area contributed by atoms with Crippen LogP contribution in [0.1, 0.15) is 79.1 Å². The van der Waals surface area contributed by atoms with Gasteiger partial charge in [-0.2, -0.15) is 0 Å². The van der Waals surface area contributed by atoms with E-state index in [1.165, 1.54) is 0 Å². The average Bonchev–Trinajstić information content (AvgIpc) is 2.40. The third-order valence-electron chi connectivity index (χ3n) is 3.46. The molecule has 0 fully saturated rings. The molecule has 3 radical (unpaired) electrons. The Balaban J connectivity index is -0.0000000579. The van der Waals surface area contributed by atoms with Crippen molar-refractivity contribution < 1.29 is 78.2 Å². The molecule has 0 rings (SSSR count). The van der Waals surface area contributed by atoms with Crippen LogP contribution in [0.25, 0.3) is 0 Å². The fourth-order valence-corrected chi connectivity index (χ4v) is 1.88. The number of aliphatic carboxylic acids is 2. The number of rotatable bonds is 10. The van der Waals surface area contributed by atoms with Crippen LogP contribution in [0.15, 0.2) is 0 Å². The molecule has 0 spiro atoms. The Kier molecular flexibility index (Phi) is 49.6. The fourth-order valence-electron chi connectivity index (χ4n) is 1.88. The molecule has 2 atom stereocenters. The van der Waals surface area contributed by atoms with Crippen molar-refractivity contribution in [3.63, 3.8) is 0 Å². The summed E-state index contributed by atoms with van der Waals surface area (Å²) in [5.41, 5.74) is 0. The summed E-state index contributed by atoms with van der Waals surface area (Å²) in [6.45, 7) is 7.89. The molecule has 0 saturated carbocycles. The first-order valence-electron chi connectivity index (χ1n) is 7.86. The molecule has 0 saturated heterocycles. The number of hydrogen-bond donors (Lipinski definition) is 0. The third kappa shape index (κ3) is 25.9. The van der Waals surface area contributed by atoms with E-state index in [1.54, 1.807) is 0 Å². The van der Waals surface area contributed by atoms with Crippen LogP contribution in [-0.4, -0.2) is 38.1 Å². The Hall–Kier alpha value is 1.69. The van der Waals surface area contributed by atoms with Gasteiger partial charge in [-0.25, -0.2) is 0 Å². The summed E-state index contributed by atoms with van der Waals surface area (Å²) >= 11 is 0. The van der Waals surface area contributed by atoms with Crippen molar-refractivity contribution in [3.8, 4) is 0 Å². The van der Waals surface area contributed by atoms with Gasteiger partial charge in [0.25, 0.3) is 0 Å². The summed E-state index contributed by atoms with van der Waals surface area (Å²) < 4.78 is 0. The van der Waals surface area contributed by atoms with Gasteiger partial charge in [-0.15, -0.1) is 0 Å². The number of hydrogen-bond acceptors (Lipinski definition) is 4. The maximum atomic E-state index is 10.3. The van der Waals surface area contributed by atoms with Crippen molar-refractivity contribution in [1.29, 1.82) is 0 Å². The Labute approximate surface area is 205 Å². The smallest absolute Gasteiger partial charge is 0.550 e. The molecular formula is C16H30BiO4Zn3. The normalized spacial score (nSPS) is 10.8. The van der Waals surface area contributed by atoms with E-state index in [0.717, 1.165) is 38.5 Å². The second-order valence-electron chi connectivity index (χ2n) is 5.13. The van der Waals surface area contributed by atoms with Crippen molar-refractivity contribution in [2.75, 3.05) is 0 Å². The van der Waals surface area contributed by atoms with Gasteiger partial charge >= 0.3 is 19.5 Å². The first kappa shape index (κ1) is 40.4. The molecule has 0 amide bonds. The summed E-state index contributed by atoms with van der Waals surface area (Å²) in [6, 6.07) is 0. The Morgan fingerprint density at radius 1 is 0.750 bits per heavy atom. The molecule has 0 heterocycles. The van der Waals surface area contributed by atoms with Gasteiger partial charge in [0.15, 0.2) is 0 Å². The van der Waals surface area contributed by atoms with Crippen LogP contribution in [0, 0.1) is 11.8 Å². The zero-order valence-electron chi connectivity index (χ0n) is 16.0. The van der Waals surface area contributed by atoms with Crippen LogP contribution in [0.2, 0.25) is 0 Å². The van der Waals surface area contributed by atoms with Crippen LogP contribution < -0.4 is 10.2 Å². The Morgan fingerprint density at radius 2 is 1.00 bits per heavy atom. The standard InChI is InChI=1S/2C8H16O2.Bi.3Zn/c2*1-3-5-6-7(4-2)8(9)10;;;;/h2*7H,3-6H2,1-2H3,(H,9,10);;;;/q;;;;;+2/p-2. The summed E-state index contributed by atoms with van der Waals surface area (Å²) in [5.74, 6) is -2.23. The van der Waals surface area contributed by atoms with E-state index in [0.29, 0.717) is 12.8 Å². The van der Waals surface area contributed by atoms with Gasteiger partial charge < -0.3 is 19.8 Å². The van der Waals surface area contributed by atoms with Crippen molar-refractivity contribution in [3.05, 3.63) is 0 Å².